The third-order valence-corrected chi connectivity index (χ3v) is 5.13. The van der Waals surface area contributed by atoms with Crippen LogP contribution in [-0.4, -0.2) is 52.2 Å². The second kappa shape index (κ2) is 10.3. The molecule has 0 bridgehead atoms. The minimum atomic E-state index is -0.584. The number of nitro benzene ring substituents is 1. The van der Waals surface area contributed by atoms with E-state index in [0.29, 0.717) is 32.5 Å². The zero-order valence-corrected chi connectivity index (χ0v) is 16.8. The molecule has 3 rings (SSSR count). The van der Waals surface area contributed by atoms with Crippen LogP contribution in [-0.2, 0) is 16.1 Å². The normalized spacial score (nSPS) is 14.0. The van der Waals surface area contributed by atoms with Crippen molar-refractivity contribution in [2.24, 2.45) is 5.92 Å². The molecule has 1 fully saturated rings. The molecule has 1 aliphatic heterocycles. The molecular weight excluding hydrogens is 402 g/mol. The molecule has 1 saturated heterocycles. The molecule has 0 spiro atoms. The minimum absolute atomic E-state index is 0.0464. The Morgan fingerprint density at radius 3 is 2.58 bits per heavy atom. The van der Waals surface area contributed by atoms with Gasteiger partial charge in [-0.25, -0.2) is 0 Å². The van der Waals surface area contributed by atoms with E-state index in [0.717, 1.165) is 11.6 Å². The fourth-order valence-electron chi connectivity index (χ4n) is 3.36. The highest BCUT2D eigenvalue weighted by atomic mass is 16.6. The summed E-state index contributed by atoms with van der Waals surface area (Å²) >= 11 is 0. The van der Waals surface area contributed by atoms with E-state index >= 15 is 0 Å². The number of non-ortho nitro benzene ring substituents is 1. The van der Waals surface area contributed by atoms with E-state index in [-0.39, 0.29) is 35.5 Å². The van der Waals surface area contributed by atoms with Crippen molar-refractivity contribution in [2.45, 2.75) is 19.4 Å². The number of hydrogen-bond acceptors (Lipinski definition) is 6. The van der Waals surface area contributed by atoms with E-state index in [9.17, 15) is 24.5 Å². The second-order valence-corrected chi connectivity index (χ2v) is 7.22. The topological polar surface area (TPSA) is 135 Å². The highest BCUT2D eigenvalue weighted by Gasteiger charge is 2.27. The van der Waals surface area contributed by atoms with Crippen LogP contribution in [0.4, 0.5) is 5.69 Å². The van der Waals surface area contributed by atoms with Gasteiger partial charge in [0.05, 0.1) is 11.5 Å². The SMILES string of the molecule is O=C(NCC(=O)N1CCC(C(=O)NCc2cccnc2)CC1)c1cccc([N+](=O)[O-])c1. The number of benzene rings is 1. The van der Waals surface area contributed by atoms with E-state index in [4.69, 9.17) is 0 Å². The summed E-state index contributed by atoms with van der Waals surface area (Å²) in [5.74, 6) is -1.02. The summed E-state index contributed by atoms with van der Waals surface area (Å²) in [6, 6.07) is 9.01. The molecule has 2 aromatic rings. The van der Waals surface area contributed by atoms with Gasteiger partial charge in [0.15, 0.2) is 0 Å². The molecule has 162 valence electrons. The molecular formula is C21H23N5O5. The fraction of sp³-hybridized carbons (Fsp3) is 0.333. The van der Waals surface area contributed by atoms with Crippen molar-refractivity contribution in [2.75, 3.05) is 19.6 Å². The van der Waals surface area contributed by atoms with Crippen molar-refractivity contribution < 1.29 is 19.3 Å². The van der Waals surface area contributed by atoms with Crippen molar-refractivity contribution in [1.82, 2.24) is 20.5 Å². The Bertz CT molecular complexity index is 958. The van der Waals surface area contributed by atoms with Crippen molar-refractivity contribution in [3.05, 3.63) is 70.0 Å². The lowest BCUT2D eigenvalue weighted by Gasteiger charge is -2.31. The highest BCUT2D eigenvalue weighted by molar-refractivity contribution is 5.97. The lowest BCUT2D eigenvalue weighted by molar-refractivity contribution is -0.384. The van der Waals surface area contributed by atoms with Crippen LogP contribution < -0.4 is 10.6 Å². The van der Waals surface area contributed by atoms with Gasteiger partial charge < -0.3 is 15.5 Å². The van der Waals surface area contributed by atoms with Gasteiger partial charge in [-0.15, -0.1) is 0 Å². The smallest absolute Gasteiger partial charge is 0.270 e. The number of nitrogens with one attached hydrogen (secondary N) is 2. The van der Waals surface area contributed by atoms with Gasteiger partial charge in [0, 0.05) is 55.6 Å². The Hall–Kier alpha value is -3.82. The number of nitrogens with zero attached hydrogens (tertiary/aromatic N) is 3. The van der Waals surface area contributed by atoms with Gasteiger partial charge in [-0.2, -0.15) is 0 Å². The molecule has 0 atom stereocenters. The van der Waals surface area contributed by atoms with Crippen LogP contribution in [0.15, 0.2) is 48.8 Å². The lowest BCUT2D eigenvalue weighted by Crippen LogP contribution is -2.46. The Morgan fingerprint density at radius 2 is 1.90 bits per heavy atom. The number of likely N-dealkylation sites (tertiary alicyclic amines) is 1. The number of carbonyl (C=O) groups excluding carboxylic acids is 3. The van der Waals surface area contributed by atoms with Crippen molar-refractivity contribution >= 4 is 23.4 Å². The number of hydrogen-bond donors (Lipinski definition) is 2. The van der Waals surface area contributed by atoms with E-state index in [1.54, 1.807) is 17.3 Å². The lowest BCUT2D eigenvalue weighted by atomic mass is 9.95. The van der Waals surface area contributed by atoms with Gasteiger partial charge >= 0.3 is 0 Å². The zero-order valence-electron chi connectivity index (χ0n) is 16.8. The second-order valence-electron chi connectivity index (χ2n) is 7.22. The van der Waals surface area contributed by atoms with Crippen molar-refractivity contribution in [3.63, 3.8) is 0 Å². The molecule has 0 aliphatic carbocycles. The molecule has 31 heavy (non-hydrogen) atoms. The van der Waals surface area contributed by atoms with Crippen LogP contribution in [0.25, 0.3) is 0 Å². The molecule has 3 amide bonds. The maximum atomic E-state index is 12.4. The summed E-state index contributed by atoms with van der Waals surface area (Å²) in [7, 11) is 0. The summed E-state index contributed by atoms with van der Waals surface area (Å²) in [6.07, 6.45) is 4.46. The zero-order chi connectivity index (χ0) is 22.2. The number of carbonyl (C=O) groups is 3. The first-order valence-electron chi connectivity index (χ1n) is 9.91. The average molecular weight is 425 g/mol. The summed E-state index contributed by atoms with van der Waals surface area (Å²) in [5, 5.41) is 16.2. The Morgan fingerprint density at radius 1 is 1.13 bits per heavy atom. The number of nitro groups is 1. The largest absolute Gasteiger partial charge is 0.352 e. The number of amides is 3. The van der Waals surface area contributed by atoms with Gasteiger partial charge in [-0.1, -0.05) is 12.1 Å². The molecule has 0 radical (unpaired) electrons. The van der Waals surface area contributed by atoms with Gasteiger partial charge in [0.1, 0.15) is 0 Å². The number of aromatic nitrogens is 1. The van der Waals surface area contributed by atoms with Crippen molar-refractivity contribution in [1.29, 1.82) is 0 Å². The van der Waals surface area contributed by atoms with Crippen LogP contribution in [0.1, 0.15) is 28.8 Å². The molecule has 0 unspecified atom stereocenters. The maximum absolute atomic E-state index is 12.4. The molecule has 2 heterocycles. The van der Waals surface area contributed by atoms with Gasteiger partial charge in [0.2, 0.25) is 11.8 Å². The molecule has 10 heteroatoms. The van der Waals surface area contributed by atoms with E-state index in [1.165, 1.54) is 18.2 Å². The van der Waals surface area contributed by atoms with E-state index in [2.05, 4.69) is 15.6 Å². The van der Waals surface area contributed by atoms with Gasteiger partial charge in [-0.3, -0.25) is 29.5 Å². The summed E-state index contributed by atoms with van der Waals surface area (Å²) < 4.78 is 0. The van der Waals surface area contributed by atoms with Crippen LogP contribution in [0.2, 0.25) is 0 Å². The third-order valence-electron chi connectivity index (χ3n) is 5.13. The molecule has 0 saturated carbocycles. The summed E-state index contributed by atoms with van der Waals surface area (Å²) in [5.41, 5.74) is 0.844. The number of rotatable bonds is 7. The Labute approximate surface area is 178 Å². The minimum Gasteiger partial charge on any atom is -0.352 e. The summed E-state index contributed by atoms with van der Waals surface area (Å²) in [4.78, 5) is 52.8. The maximum Gasteiger partial charge on any atom is 0.270 e. The number of piperidine rings is 1. The van der Waals surface area contributed by atoms with E-state index in [1.807, 2.05) is 12.1 Å². The van der Waals surface area contributed by atoms with Crippen LogP contribution >= 0.6 is 0 Å². The average Bonchev–Trinajstić information content (AvgIpc) is 2.81. The predicted octanol–water partition coefficient (Wildman–Crippen LogP) is 1.27. The molecule has 1 aliphatic rings. The molecule has 2 N–H and O–H groups in total. The van der Waals surface area contributed by atoms with Crippen LogP contribution in [0.3, 0.4) is 0 Å². The first-order chi connectivity index (χ1) is 14.9. The van der Waals surface area contributed by atoms with E-state index < -0.39 is 10.8 Å². The first-order valence-corrected chi connectivity index (χ1v) is 9.91. The Balaban J connectivity index is 1.41. The molecule has 1 aromatic carbocycles. The van der Waals surface area contributed by atoms with Gasteiger partial charge in [-0.05, 0) is 30.5 Å². The monoisotopic (exact) mass is 425 g/mol. The highest BCUT2D eigenvalue weighted by Crippen LogP contribution is 2.18. The molecule has 1 aromatic heterocycles. The summed E-state index contributed by atoms with van der Waals surface area (Å²) in [6.45, 7) is 1.06. The number of pyridine rings is 1. The molecule has 10 nitrogen and oxygen atoms in total. The Kier molecular flexibility index (Phi) is 7.26. The van der Waals surface area contributed by atoms with Crippen LogP contribution in [0.5, 0.6) is 0 Å². The first kappa shape index (κ1) is 21.9. The quantitative estimate of drug-likeness (QED) is 0.507. The fourth-order valence-corrected chi connectivity index (χ4v) is 3.36. The predicted molar refractivity (Wildman–Crippen MR) is 111 cm³/mol. The van der Waals surface area contributed by atoms with Crippen LogP contribution in [0, 0.1) is 16.0 Å². The standard InChI is InChI=1S/C21H23N5O5/c27-19(14-24-21(29)17-4-1-5-18(11-17)26(30)31)25-9-6-16(7-10-25)20(28)23-13-15-3-2-8-22-12-15/h1-5,8,11-12,16H,6-7,9-10,13-14H2,(H,23,28)(H,24,29). The third kappa shape index (κ3) is 6.08. The van der Waals surface area contributed by atoms with Gasteiger partial charge in [0.25, 0.3) is 11.6 Å². The van der Waals surface area contributed by atoms with Crippen molar-refractivity contribution in [3.8, 4) is 0 Å².